The molecular formula is C13H11BrN4S. The van der Waals surface area contributed by atoms with Gasteiger partial charge in [-0.05, 0) is 42.1 Å². The minimum Gasteiger partial charge on any atom is -0.368 e. The van der Waals surface area contributed by atoms with Crippen LogP contribution in [0.4, 0.5) is 17.5 Å². The van der Waals surface area contributed by atoms with Crippen LogP contribution in [-0.2, 0) is 0 Å². The Balaban J connectivity index is 2.07. The van der Waals surface area contributed by atoms with Crippen LogP contribution < -0.4 is 11.1 Å². The third kappa shape index (κ3) is 2.41. The molecule has 3 rings (SSSR count). The molecule has 0 spiro atoms. The SMILES string of the molecule is Cc1cc(Br)ccc1Nc1nc(N)nc2sccc12. The van der Waals surface area contributed by atoms with Gasteiger partial charge in [-0.15, -0.1) is 11.3 Å². The number of benzene rings is 1. The summed E-state index contributed by atoms with van der Waals surface area (Å²) >= 11 is 5.01. The van der Waals surface area contributed by atoms with Gasteiger partial charge in [-0.2, -0.15) is 4.98 Å². The molecule has 19 heavy (non-hydrogen) atoms. The van der Waals surface area contributed by atoms with Gasteiger partial charge in [0.1, 0.15) is 10.6 Å². The Bertz CT molecular complexity index is 753. The van der Waals surface area contributed by atoms with Crippen molar-refractivity contribution in [1.82, 2.24) is 9.97 Å². The Morgan fingerprint density at radius 2 is 2.11 bits per heavy atom. The first-order valence-corrected chi connectivity index (χ1v) is 7.34. The van der Waals surface area contributed by atoms with Gasteiger partial charge in [0.25, 0.3) is 0 Å². The van der Waals surface area contributed by atoms with E-state index in [0.717, 1.165) is 31.8 Å². The monoisotopic (exact) mass is 334 g/mol. The summed E-state index contributed by atoms with van der Waals surface area (Å²) in [6.45, 7) is 2.04. The molecule has 96 valence electrons. The number of nitrogen functional groups attached to an aromatic ring is 1. The Kier molecular flexibility index (Phi) is 3.12. The van der Waals surface area contributed by atoms with E-state index in [9.17, 15) is 0 Å². The first-order valence-electron chi connectivity index (χ1n) is 5.67. The van der Waals surface area contributed by atoms with Gasteiger partial charge >= 0.3 is 0 Å². The summed E-state index contributed by atoms with van der Waals surface area (Å²) in [5.41, 5.74) is 7.88. The zero-order valence-corrected chi connectivity index (χ0v) is 12.5. The second-order valence-electron chi connectivity index (χ2n) is 4.15. The summed E-state index contributed by atoms with van der Waals surface area (Å²) in [5.74, 6) is 1.03. The number of nitrogens with zero attached hydrogens (tertiary/aromatic N) is 2. The van der Waals surface area contributed by atoms with Crippen LogP contribution in [0.5, 0.6) is 0 Å². The van der Waals surface area contributed by atoms with Crippen LogP contribution in [0.3, 0.4) is 0 Å². The van der Waals surface area contributed by atoms with Crippen LogP contribution in [0, 0.1) is 6.92 Å². The summed E-state index contributed by atoms with van der Waals surface area (Å²) < 4.78 is 1.05. The third-order valence-corrected chi connectivity index (χ3v) is 4.08. The topological polar surface area (TPSA) is 63.8 Å². The Hall–Kier alpha value is -1.66. The molecule has 6 heteroatoms. The number of hydrogen-bond acceptors (Lipinski definition) is 5. The molecule has 0 bridgehead atoms. The van der Waals surface area contributed by atoms with Crippen molar-refractivity contribution in [2.45, 2.75) is 6.92 Å². The van der Waals surface area contributed by atoms with E-state index in [1.807, 2.05) is 30.5 Å². The maximum atomic E-state index is 5.74. The van der Waals surface area contributed by atoms with Gasteiger partial charge in [0.2, 0.25) is 5.95 Å². The standard InChI is InChI=1S/C13H11BrN4S/c1-7-6-8(14)2-3-10(7)16-11-9-4-5-19-12(9)18-13(15)17-11/h2-6H,1H3,(H3,15,16,17,18). The molecule has 2 heterocycles. The van der Waals surface area contributed by atoms with E-state index in [-0.39, 0.29) is 5.95 Å². The predicted octanol–water partition coefficient (Wildman–Crippen LogP) is 4.09. The van der Waals surface area contributed by atoms with E-state index in [0.29, 0.717) is 0 Å². The van der Waals surface area contributed by atoms with Crippen LogP contribution in [0.2, 0.25) is 0 Å². The number of nitrogens with one attached hydrogen (secondary N) is 1. The van der Waals surface area contributed by atoms with Crippen LogP contribution in [-0.4, -0.2) is 9.97 Å². The molecule has 0 aliphatic heterocycles. The molecule has 0 radical (unpaired) electrons. The van der Waals surface area contributed by atoms with E-state index < -0.39 is 0 Å². The lowest BCUT2D eigenvalue weighted by Gasteiger charge is -2.10. The Morgan fingerprint density at radius 3 is 2.89 bits per heavy atom. The molecule has 3 aromatic rings. The molecule has 2 aromatic heterocycles. The van der Waals surface area contributed by atoms with E-state index in [1.54, 1.807) is 11.3 Å². The highest BCUT2D eigenvalue weighted by atomic mass is 79.9. The van der Waals surface area contributed by atoms with Gasteiger partial charge < -0.3 is 11.1 Å². The van der Waals surface area contributed by atoms with Crippen molar-refractivity contribution in [2.24, 2.45) is 0 Å². The van der Waals surface area contributed by atoms with Gasteiger partial charge in [-0.1, -0.05) is 15.9 Å². The maximum Gasteiger partial charge on any atom is 0.223 e. The summed E-state index contributed by atoms with van der Waals surface area (Å²) in [6, 6.07) is 8.05. The highest BCUT2D eigenvalue weighted by Gasteiger charge is 2.08. The smallest absolute Gasteiger partial charge is 0.223 e. The van der Waals surface area contributed by atoms with E-state index in [4.69, 9.17) is 5.73 Å². The van der Waals surface area contributed by atoms with Crippen LogP contribution in [0.25, 0.3) is 10.2 Å². The molecule has 0 aliphatic carbocycles. The summed E-state index contributed by atoms with van der Waals surface area (Å²) in [6.07, 6.45) is 0. The predicted molar refractivity (Wildman–Crippen MR) is 84.0 cm³/mol. The number of anilines is 3. The highest BCUT2D eigenvalue weighted by molar-refractivity contribution is 9.10. The fourth-order valence-electron chi connectivity index (χ4n) is 1.86. The van der Waals surface area contributed by atoms with Gasteiger partial charge in [-0.25, -0.2) is 4.98 Å². The van der Waals surface area contributed by atoms with Crippen molar-refractivity contribution in [2.75, 3.05) is 11.1 Å². The largest absolute Gasteiger partial charge is 0.368 e. The lowest BCUT2D eigenvalue weighted by molar-refractivity contribution is 1.24. The zero-order valence-electron chi connectivity index (χ0n) is 10.1. The number of aromatic nitrogens is 2. The zero-order chi connectivity index (χ0) is 13.4. The normalized spacial score (nSPS) is 10.8. The molecule has 0 amide bonds. The molecule has 1 aromatic carbocycles. The number of halogens is 1. The van der Waals surface area contributed by atoms with E-state index in [1.165, 1.54) is 0 Å². The van der Waals surface area contributed by atoms with Crippen molar-refractivity contribution in [3.63, 3.8) is 0 Å². The molecule has 4 nitrogen and oxygen atoms in total. The van der Waals surface area contributed by atoms with Gasteiger partial charge in [0, 0.05) is 10.2 Å². The molecule has 0 fully saturated rings. The van der Waals surface area contributed by atoms with Gasteiger partial charge in [0.15, 0.2) is 0 Å². The molecule has 0 saturated heterocycles. The van der Waals surface area contributed by atoms with Gasteiger partial charge in [0.05, 0.1) is 5.39 Å². The first-order chi connectivity index (χ1) is 9.13. The Morgan fingerprint density at radius 1 is 1.26 bits per heavy atom. The number of fused-ring (bicyclic) bond motifs is 1. The fraction of sp³-hybridized carbons (Fsp3) is 0.0769. The lowest BCUT2D eigenvalue weighted by Crippen LogP contribution is -2.01. The number of hydrogen-bond donors (Lipinski definition) is 2. The summed E-state index contributed by atoms with van der Waals surface area (Å²) in [5, 5.41) is 6.30. The lowest BCUT2D eigenvalue weighted by atomic mass is 10.2. The van der Waals surface area contributed by atoms with Crippen molar-refractivity contribution < 1.29 is 0 Å². The van der Waals surface area contributed by atoms with Crippen molar-refractivity contribution in [1.29, 1.82) is 0 Å². The average molecular weight is 335 g/mol. The molecule has 0 aliphatic rings. The van der Waals surface area contributed by atoms with Crippen LogP contribution in [0.15, 0.2) is 34.1 Å². The quantitative estimate of drug-likeness (QED) is 0.740. The fourth-order valence-corrected chi connectivity index (χ4v) is 3.11. The van der Waals surface area contributed by atoms with Crippen molar-refractivity contribution >= 4 is 54.9 Å². The Labute approximate surface area is 122 Å². The number of rotatable bonds is 2. The van der Waals surface area contributed by atoms with Gasteiger partial charge in [-0.3, -0.25) is 0 Å². The van der Waals surface area contributed by atoms with E-state index >= 15 is 0 Å². The minimum absolute atomic E-state index is 0.284. The number of thiophene rings is 1. The summed E-state index contributed by atoms with van der Waals surface area (Å²) in [4.78, 5) is 9.39. The van der Waals surface area contributed by atoms with Crippen LogP contribution >= 0.6 is 27.3 Å². The highest BCUT2D eigenvalue weighted by Crippen LogP contribution is 2.29. The molecule has 0 saturated carbocycles. The molecule has 0 atom stereocenters. The number of nitrogens with two attached hydrogens (primary N) is 1. The second kappa shape index (κ2) is 4.79. The second-order valence-corrected chi connectivity index (χ2v) is 5.96. The molecule has 3 N–H and O–H groups in total. The van der Waals surface area contributed by atoms with Crippen molar-refractivity contribution in [3.05, 3.63) is 39.7 Å². The van der Waals surface area contributed by atoms with E-state index in [2.05, 4.69) is 37.3 Å². The molecular weight excluding hydrogens is 324 g/mol. The minimum atomic E-state index is 0.284. The number of aryl methyl sites for hydroxylation is 1. The molecule has 0 unspecified atom stereocenters. The van der Waals surface area contributed by atoms with Crippen LogP contribution in [0.1, 0.15) is 5.56 Å². The average Bonchev–Trinajstić information content (AvgIpc) is 2.80. The maximum absolute atomic E-state index is 5.74. The summed E-state index contributed by atoms with van der Waals surface area (Å²) in [7, 11) is 0. The third-order valence-electron chi connectivity index (χ3n) is 2.78. The van der Waals surface area contributed by atoms with Crippen molar-refractivity contribution in [3.8, 4) is 0 Å². The first kappa shape index (κ1) is 12.4.